The van der Waals surface area contributed by atoms with E-state index in [0.29, 0.717) is 9.21 Å². The second kappa shape index (κ2) is 4.87. The second-order valence-electron chi connectivity index (χ2n) is 3.56. The molecule has 0 aromatic carbocycles. The molecule has 1 unspecified atom stereocenters. The van der Waals surface area contributed by atoms with Crippen LogP contribution in [0.3, 0.4) is 0 Å². The molecule has 0 saturated carbocycles. The first-order chi connectivity index (χ1) is 8.49. The number of nitrogens with zero attached hydrogens (tertiary/aromatic N) is 3. The summed E-state index contributed by atoms with van der Waals surface area (Å²) in [5.41, 5.74) is 0. The third kappa shape index (κ3) is 2.41. The number of thiophene rings is 1. The van der Waals surface area contributed by atoms with E-state index in [4.69, 9.17) is 11.6 Å². The average Bonchev–Trinajstić information content (AvgIpc) is 2.95. The molecule has 94 valence electrons. The fourth-order valence-corrected chi connectivity index (χ4v) is 2.48. The zero-order chi connectivity index (χ0) is 13.3. The van der Waals surface area contributed by atoms with Gasteiger partial charge in [-0.1, -0.05) is 11.6 Å². The molecule has 0 aliphatic carbocycles. The number of Topliss-reactive ketones (excluding diaryl/α,β-unsaturated/α-hetero) is 1. The van der Waals surface area contributed by atoms with Crippen LogP contribution in [0.15, 0.2) is 24.4 Å². The monoisotopic (exact) mass is 285 g/mol. The summed E-state index contributed by atoms with van der Waals surface area (Å²) in [6.45, 7) is 1.63. The molecule has 0 bridgehead atoms. The number of carbonyl (C=O) groups excluding carboxylic acids is 1. The number of nitro groups is 1. The summed E-state index contributed by atoms with van der Waals surface area (Å²) < 4.78 is 1.80. The normalized spacial score (nSPS) is 12.3. The summed E-state index contributed by atoms with van der Waals surface area (Å²) in [6, 6.07) is 3.92. The number of ketones is 1. The molecular formula is C10H8ClN3O3S. The van der Waals surface area contributed by atoms with Crippen molar-refractivity contribution in [2.24, 2.45) is 0 Å². The van der Waals surface area contributed by atoms with Gasteiger partial charge >= 0.3 is 5.82 Å². The van der Waals surface area contributed by atoms with Gasteiger partial charge in [0, 0.05) is 0 Å². The van der Waals surface area contributed by atoms with Crippen LogP contribution in [0.25, 0.3) is 0 Å². The van der Waals surface area contributed by atoms with Crippen molar-refractivity contribution in [1.82, 2.24) is 9.78 Å². The highest BCUT2D eigenvalue weighted by atomic mass is 35.5. The first-order valence-electron chi connectivity index (χ1n) is 4.98. The van der Waals surface area contributed by atoms with E-state index >= 15 is 0 Å². The molecule has 6 nitrogen and oxygen atoms in total. The molecule has 0 N–H and O–H groups in total. The summed E-state index contributed by atoms with van der Waals surface area (Å²) in [5, 5.41) is 14.2. The lowest BCUT2D eigenvalue weighted by Crippen LogP contribution is -2.16. The Balaban J connectivity index is 2.22. The number of hydrogen-bond acceptors (Lipinski definition) is 5. The summed E-state index contributed by atoms with van der Waals surface area (Å²) >= 11 is 6.93. The van der Waals surface area contributed by atoms with Crippen LogP contribution in [0.4, 0.5) is 5.82 Å². The highest BCUT2D eigenvalue weighted by Gasteiger charge is 2.23. The largest absolute Gasteiger partial charge is 0.389 e. The number of carbonyl (C=O) groups is 1. The van der Waals surface area contributed by atoms with E-state index in [1.807, 2.05) is 0 Å². The maximum atomic E-state index is 12.1. The van der Waals surface area contributed by atoms with Gasteiger partial charge in [-0.05, 0) is 24.0 Å². The lowest BCUT2D eigenvalue weighted by atomic mass is 10.2. The van der Waals surface area contributed by atoms with E-state index in [1.54, 1.807) is 19.1 Å². The molecule has 0 aliphatic rings. The molecule has 2 rings (SSSR count). The maximum Gasteiger partial charge on any atom is 0.389 e. The van der Waals surface area contributed by atoms with Crippen molar-refractivity contribution in [3.63, 3.8) is 0 Å². The third-order valence-electron chi connectivity index (χ3n) is 2.37. The van der Waals surface area contributed by atoms with Crippen LogP contribution in [0.2, 0.25) is 4.34 Å². The zero-order valence-corrected chi connectivity index (χ0v) is 10.8. The maximum absolute atomic E-state index is 12.1. The Kier molecular flexibility index (Phi) is 3.44. The minimum atomic E-state index is -0.603. The van der Waals surface area contributed by atoms with Crippen molar-refractivity contribution in [2.75, 3.05) is 0 Å². The molecule has 1 atom stereocenters. The quantitative estimate of drug-likeness (QED) is 0.491. The second-order valence-corrected chi connectivity index (χ2v) is 5.27. The van der Waals surface area contributed by atoms with Crippen LogP contribution >= 0.6 is 22.9 Å². The van der Waals surface area contributed by atoms with Gasteiger partial charge in [0.2, 0.25) is 0 Å². The van der Waals surface area contributed by atoms with Gasteiger partial charge in [0.25, 0.3) is 0 Å². The van der Waals surface area contributed by atoms with Crippen molar-refractivity contribution in [3.8, 4) is 0 Å². The van der Waals surface area contributed by atoms with Gasteiger partial charge in [-0.15, -0.1) is 11.3 Å². The Morgan fingerprint density at radius 3 is 2.78 bits per heavy atom. The molecule has 0 aliphatic heterocycles. The van der Waals surface area contributed by atoms with E-state index in [1.165, 1.54) is 28.3 Å². The highest BCUT2D eigenvalue weighted by Crippen LogP contribution is 2.25. The molecule has 0 fully saturated rings. The SMILES string of the molecule is CC(C(=O)c1ccc(Cl)s1)n1ccc([N+](=O)[O-])n1. The predicted molar refractivity (Wildman–Crippen MR) is 67.3 cm³/mol. The van der Waals surface area contributed by atoms with Crippen LogP contribution in [0.5, 0.6) is 0 Å². The molecular weight excluding hydrogens is 278 g/mol. The Morgan fingerprint density at radius 1 is 1.56 bits per heavy atom. The predicted octanol–water partition coefficient (Wildman–Crippen LogP) is 2.95. The Bertz CT molecular complexity index is 607. The van der Waals surface area contributed by atoms with Crippen molar-refractivity contribution in [3.05, 3.63) is 43.7 Å². The van der Waals surface area contributed by atoms with Crippen LogP contribution in [0, 0.1) is 10.1 Å². The van der Waals surface area contributed by atoms with Crippen LogP contribution in [-0.4, -0.2) is 20.5 Å². The van der Waals surface area contributed by atoms with Crippen molar-refractivity contribution < 1.29 is 9.72 Å². The summed E-state index contributed by atoms with van der Waals surface area (Å²) in [4.78, 5) is 22.5. The fraction of sp³-hybridized carbons (Fsp3) is 0.200. The molecule has 18 heavy (non-hydrogen) atoms. The Hall–Kier alpha value is -1.73. The summed E-state index contributed by atoms with van der Waals surface area (Å²) in [7, 11) is 0. The van der Waals surface area contributed by atoms with Crippen LogP contribution in [0.1, 0.15) is 22.6 Å². The first kappa shape index (κ1) is 12.7. The van der Waals surface area contributed by atoms with E-state index in [2.05, 4.69) is 5.10 Å². The number of aromatic nitrogens is 2. The van der Waals surface area contributed by atoms with Gasteiger partial charge in [0.1, 0.15) is 6.04 Å². The summed E-state index contributed by atoms with van der Waals surface area (Å²) in [6.07, 6.45) is 1.41. The number of halogens is 1. The van der Waals surface area contributed by atoms with Gasteiger partial charge in [-0.3, -0.25) is 4.79 Å². The molecule has 2 heterocycles. The van der Waals surface area contributed by atoms with E-state index < -0.39 is 11.0 Å². The third-order valence-corrected chi connectivity index (χ3v) is 3.62. The number of hydrogen-bond donors (Lipinski definition) is 0. The Labute approximate surface area is 111 Å². The smallest absolute Gasteiger partial charge is 0.358 e. The zero-order valence-electron chi connectivity index (χ0n) is 9.24. The van der Waals surface area contributed by atoms with Gasteiger partial charge in [0.05, 0.1) is 26.6 Å². The van der Waals surface area contributed by atoms with Crippen LogP contribution in [-0.2, 0) is 0 Å². The van der Waals surface area contributed by atoms with Crippen molar-refractivity contribution >= 4 is 34.5 Å². The fourth-order valence-electron chi connectivity index (χ4n) is 1.41. The molecule has 0 saturated heterocycles. The van der Waals surface area contributed by atoms with Crippen molar-refractivity contribution in [2.45, 2.75) is 13.0 Å². The van der Waals surface area contributed by atoms with E-state index in [0.717, 1.165) is 0 Å². The highest BCUT2D eigenvalue weighted by molar-refractivity contribution is 7.18. The lowest BCUT2D eigenvalue weighted by Gasteiger charge is -2.05. The van der Waals surface area contributed by atoms with Gasteiger partial charge < -0.3 is 10.1 Å². The molecule has 0 amide bonds. The molecule has 2 aromatic heterocycles. The Morgan fingerprint density at radius 2 is 2.28 bits per heavy atom. The minimum absolute atomic E-state index is 0.176. The van der Waals surface area contributed by atoms with Gasteiger partial charge in [0.15, 0.2) is 5.78 Å². The van der Waals surface area contributed by atoms with Crippen LogP contribution < -0.4 is 0 Å². The van der Waals surface area contributed by atoms with E-state index in [9.17, 15) is 14.9 Å². The van der Waals surface area contributed by atoms with Gasteiger partial charge in [-0.2, -0.15) is 4.68 Å². The standard InChI is InChI=1S/C10H8ClN3O3S/c1-6(10(15)7-2-3-8(11)18-7)13-5-4-9(12-13)14(16)17/h2-6H,1H3. The molecule has 0 spiro atoms. The van der Waals surface area contributed by atoms with E-state index in [-0.39, 0.29) is 11.6 Å². The first-order valence-corrected chi connectivity index (χ1v) is 6.17. The van der Waals surface area contributed by atoms with Crippen molar-refractivity contribution in [1.29, 1.82) is 0 Å². The molecule has 0 radical (unpaired) electrons. The summed E-state index contributed by atoms with van der Waals surface area (Å²) in [5.74, 6) is -0.455. The minimum Gasteiger partial charge on any atom is -0.358 e. The van der Waals surface area contributed by atoms with Gasteiger partial charge in [-0.25, -0.2) is 0 Å². The average molecular weight is 286 g/mol. The molecule has 2 aromatic rings. The number of rotatable bonds is 4. The molecule has 8 heteroatoms. The lowest BCUT2D eigenvalue weighted by molar-refractivity contribution is -0.389. The topological polar surface area (TPSA) is 78.0 Å².